The highest BCUT2D eigenvalue weighted by molar-refractivity contribution is 7.15. The van der Waals surface area contributed by atoms with Gasteiger partial charge in [0.25, 0.3) is 0 Å². The van der Waals surface area contributed by atoms with Crippen LogP contribution in [0.5, 0.6) is 0 Å². The van der Waals surface area contributed by atoms with E-state index in [1.54, 1.807) is 29.9 Å². The Kier molecular flexibility index (Phi) is 4.02. The first-order chi connectivity index (χ1) is 10.6. The predicted molar refractivity (Wildman–Crippen MR) is 90.5 cm³/mol. The van der Waals surface area contributed by atoms with Crippen molar-refractivity contribution in [2.45, 2.75) is 19.8 Å². The number of aryl methyl sites for hydroxylation is 1. The summed E-state index contributed by atoms with van der Waals surface area (Å²) in [7, 11) is 0. The zero-order valence-electron chi connectivity index (χ0n) is 12.4. The van der Waals surface area contributed by atoms with Crippen LogP contribution < -0.4 is 11.1 Å². The fourth-order valence-corrected chi connectivity index (χ4v) is 3.19. The molecule has 0 aliphatic heterocycles. The van der Waals surface area contributed by atoms with Gasteiger partial charge in [0.1, 0.15) is 0 Å². The number of anilines is 3. The second-order valence-electron chi connectivity index (χ2n) is 5.12. The quantitative estimate of drug-likeness (QED) is 0.718. The summed E-state index contributed by atoms with van der Waals surface area (Å²) in [4.78, 5) is 13.8. The third kappa shape index (κ3) is 3.07. The highest BCUT2D eigenvalue weighted by Gasteiger charge is 2.15. The van der Waals surface area contributed by atoms with E-state index in [1.165, 1.54) is 16.0 Å². The van der Waals surface area contributed by atoms with Gasteiger partial charge in [0.05, 0.1) is 6.20 Å². The number of benzene rings is 1. The van der Waals surface area contributed by atoms with Gasteiger partial charge in [0, 0.05) is 35.1 Å². The lowest BCUT2D eigenvalue weighted by atomic mass is 9.95. The highest BCUT2D eigenvalue weighted by Crippen LogP contribution is 2.33. The van der Waals surface area contributed by atoms with E-state index in [0.29, 0.717) is 5.82 Å². The van der Waals surface area contributed by atoms with E-state index in [-0.39, 0.29) is 5.92 Å². The number of aromatic nitrogens is 3. The summed E-state index contributed by atoms with van der Waals surface area (Å²) < 4.78 is 0. The first-order valence-corrected chi connectivity index (χ1v) is 7.80. The molecule has 1 aromatic carbocycles. The van der Waals surface area contributed by atoms with Crippen molar-refractivity contribution in [2.24, 2.45) is 0 Å². The Morgan fingerprint density at radius 1 is 1.18 bits per heavy atom. The molecule has 1 unspecified atom stereocenters. The molecule has 0 aliphatic rings. The molecule has 2 aromatic heterocycles. The van der Waals surface area contributed by atoms with Crippen molar-refractivity contribution in [2.75, 3.05) is 11.1 Å². The Bertz CT molecular complexity index is 769. The zero-order chi connectivity index (χ0) is 15.5. The number of hydrogen-bond acceptors (Lipinski definition) is 6. The van der Waals surface area contributed by atoms with Gasteiger partial charge in [-0.25, -0.2) is 9.97 Å². The third-order valence-electron chi connectivity index (χ3n) is 3.52. The molecule has 2 heterocycles. The van der Waals surface area contributed by atoms with Gasteiger partial charge in [0.15, 0.2) is 10.9 Å². The lowest BCUT2D eigenvalue weighted by molar-refractivity contribution is 0.930. The Morgan fingerprint density at radius 3 is 2.82 bits per heavy atom. The van der Waals surface area contributed by atoms with Crippen molar-refractivity contribution in [1.82, 2.24) is 15.0 Å². The van der Waals surface area contributed by atoms with Crippen LogP contribution in [0.25, 0.3) is 0 Å². The molecule has 0 saturated heterocycles. The van der Waals surface area contributed by atoms with Crippen molar-refractivity contribution in [3.63, 3.8) is 0 Å². The maximum absolute atomic E-state index is 5.91. The number of nitrogens with two attached hydrogens (primary N) is 1. The van der Waals surface area contributed by atoms with Crippen molar-refractivity contribution in [1.29, 1.82) is 0 Å². The molecular weight excluding hydrogens is 294 g/mol. The summed E-state index contributed by atoms with van der Waals surface area (Å²) in [5.74, 6) is 0.939. The number of thiazole rings is 1. The molecule has 5 nitrogen and oxygen atoms in total. The smallest absolute Gasteiger partial charge is 0.188 e. The van der Waals surface area contributed by atoms with Gasteiger partial charge in [0.2, 0.25) is 0 Å². The topological polar surface area (TPSA) is 76.7 Å². The maximum Gasteiger partial charge on any atom is 0.188 e. The van der Waals surface area contributed by atoms with Crippen LogP contribution in [-0.2, 0) is 0 Å². The highest BCUT2D eigenvalue weighted by atomic mass is 32.1. The number of hydrogen-bond donors (Lipinski definition) is 2. The van der Waals surface area contributed by atoms with Crippen LogP contribution in [0.1, 0.15) is 28.8 Å². The van der Waals surface area contributed by atoms with E-state index in [0.717, 1.165) is 10.8 Å². The monoisotopic (exact) mass is 311 g/mol. The second-order valence-corrected chi connectivity index (χ2v) is 6.18. The fraction of sp³-hybridized carbons (Fsp3) is 0.188. The summed E-state index contributed by atoms with van der Waals surface area (Å²) in [6, 6.07) is 6.02. The average Bonchev–Trinajstić information content (AvgIpc) is 2.98. The fourth-order valence-electron chi connectivity index (χ4n) is 2.30. The molecule has 0 aliphatic carbocycles. The summed E-state index contributed by atoms with van der Waals surface area (Å²) in [5, 5.41) is 3.97. The molecule has 0 fully saturated rings. The van der Waals surface area contributed by atoms with Gasteiger partial charge in [-0.3, -0.25) is 4.98 Å². The molecule has 1 atom stereocenters. The minimum Gasteiger partial charge on any atom is -0.399 e. The van der Waals surface area contributed by atoms with Gasteiger partial charge in [-0.1, -0.05) is 13.0 Å². The molecule has 0 radical (unpaired) electrons. The lowest BCUT2D eigenvalue weighted by Crippen LogP contribution is -1.98. The van der Waals surface area contributed by atoms with Crippen LogP contribution in [0, 0.1) is 6.92 Å². The Morgan fingerprint density at radius 2 is 2.05 bits per heavy atom. The molecule has 0 bridgehead atoms. The molecule has 0 amide bonds. The Hall–Kier alpha value is -2.47. The van der Waals surface area contributed by atoms with Crippen LogP contribution in [0.15, 0.2) is 43.0 Å². The number of nitrogen functional groups attached to an aromatic ring is 1. The summed E-state index contributed by atoms with van der Waals surface area (Å²) in [5.41, 5.74) is 9.16. The van der Waals surface area contributed by atoms with Gasteiger partial charge in [-0.2, -0.15) is 0 Å². The number of rotatable bonds is 4. The number of nitrogens with zero attached hydrogens (tertiary/aromatic N) is 3. The largest absolute Gasteiger partial charge is 0.399 e. The van der Waals surface area contributed by atoms with E-state index in [4.69, 9.17) is 5.73 Å². The predicted octanol–water partition coefficient (Wildman–Crippen LogP) is 3.72. The van der Waals surface area contributed by atoms with E-state index in [1.807, 2.05) is 18.3 Å². The Balaban J connectivity index is 1.82. The van der Waals surface area contributed by atoms with E-state index in [9.17, 15) is 0 Å². The molecule has 6 heteroatoms. The summed E-state index contributed by atoms with van der Waals surface area (Å²) >= 11 is 1.61. The van der Waals surface area contributed by atoms with Gasteiger partial charge < -0.3 is 11.1 Å². The van der Waals surface area contributed by atoms with Crippen LogP contribution in [0.4, 0.5) is 16.6 Å². The summed E-state index contributed by atoms with van der Waals surface area (Å²) in [6.45, 7) is 4.27. The summed E-state index contributed by atoms with van der Waals surface area (Å²) in [6.07, 6.45) is 6.86. The molecule has 3 N–H and O–H groups in total. The van der Waals surface area contributed by atoms with Crippen LogP contribution in [0.2, 0.25) is 0 Å². The minimum atomic E-state index is 0.249. The van der Waals surface area contributed by atoms with Crippen LogP contribution in [-0.4, -0.2) is 15.0 Å². The number of nitrogens with one attached hydrogen (secondary N) is 1. The van der Waals surface area contributed by atoms with Crippen molar-refractivity contribution >= 4 is 28.0 Å². The van der Waals surface area contributed by atoms with E-state index >= 15 is 0 Å². The van der Waals surface area contributed by atoms with E-state index in [2.05, 4.69) is 40.2 Å². The SMILES string of the molecule is Cc1ccc(N)cc1C(C)c1cnc(Nc2cnccn2)s1. The first-order valence-electron chi connectivity index (χ1n) is 6.98. The zero-order valence-corrected chi connectivity index (χ0v) is 13.3. The lowest BCUT2D eigenvalue weighted by Gasteiger charge is -2.13. The van der Waals surface area contributed by atoms with Crippen molar-refractivity contribution in [3.05, 3.63) is 59.0 Å². The molecule has 0 saturated carbocycles. The molecule has 112 valence electrons. The van der Waals surface area contributed by atoms with Gasteiger partial charge in [-0.05, 0) is 30.2 Å². The maximum atomic E-state index is 5.91. The normalized spacial score (nSPS) is 12.1. The molecule has 0 spiro atoms. The van der Waals surface area contributed by atoms with Gasteiger partial charge >= 0.3 is 0 Å². The average molecular weight is 311 g/mol. The molecule has 3 rings (SSSR count). The molecule has 22 heavy (non-hydrogen) atoms. The molecular formula is C16H17N5S. The van der Waals surface area contributed by atoms with Crippen LogP contribution >= 0.6 is 11.3 Å². The standard InChI is InChI=1S/C16H17N5S/c1-10-3-4-12(17)7-13(10)11(2)14-8-20-16(22-14)21-15-9-18-5-6-19-15/h3-9,11H,17H2,1-2H3,(H,19,20,21). The first kappa shape index (κ1) is 14.5. The Labute approximate surface area is 133 Å². The third-order valence-corrected chi connectivity index (χ3v) is 4.61. The van der Waals surface area contributed by atoms with Crippen molar-refractivity contribution < 1.29 is 0 Å². The second kappa shape index (κ2) is 6.11. The van der Waals surface area contributed by atoms with Crippen molar-refractivity contribution in [3.8, 4) is 0 Å². The minimum absolute atomic E-state index is 0.249. The van der Waals surface area contributed by atoms with E-state index < -0.39 is 0 Å². The van der Waals surface area contributed by atoms with Crippen LogP contribution in [0.3, 0.4) is 0 Å². The molecule has 3 aromatic rings. The van der Waals surface area contributed by atoms with Gasteiger partial charge in [-0.15, -0.1) is 11.3 Å².